The predicted octanol–water partition coefficient (Wildman–Crippen LogP) is 2.21. The zero-order chi connectivity index (χ0) is 19.9. The molecule has 144 valence electrons. The molecule has 0 fully saturated rings. The Balaban J connectivity index is 2.55. The summed E-state index contributed by atoms with van der Waals surface area (Å²) in [6.45, 7) is 9.23. The first-order valence-corrected chi connectivity index (χ1v) is 8.57. The van der Waals surface area contributed by atoms with Crippen molar-refractivity contribution in [3.05, 3.63) is 29.8 Å². The molecular weight excluding hydrogens is 336 g/mol. The number of carbonyl (C=O) groups is 3. The van der Waals surface area contributed by atoms with Crippen molar-refractivity contribution >= 4 is 17.8 Å². The average Bonchev–Trinajstić information content (AvgIpc) is 2.50. The van der Waals surface area contributed by atoms with Crippen LogP contribution in [0.4, 0.5) is 0 Å². The number of carbonyl (C=O) groups excluding carboxylic acids is 2. The van der Waals surface area contributed by atoms with Gasteiger partial charge in [0.15, 0.2) is 0 Å². The molecule has 3 N–H and O–H groups in total. The SMILES string of the molecule is CC(C)C[C@H](NC(=O)CNC(=O)c1ccc(OC(C)(C)C)cc1)C(=O)O. The lowest BCUT2D eigenvalue weighted by molar-refractivity contribution is -0.142. The molecule has 0 unspecified atom stereocenters. The van der Waals surface area contributed by atoms with E-state index in [0.717, 1.165) is 0 Å². The molecule has 1 atom stereocenters. The van der Waals surface area contributed by atoms with Crippen LogP contribution in [0.5, 0.6) is 5.75 Å². The van der Waals surface area contributed by atoms with Crippen LogP contribution in [-0.4, -0.2) is 41.1 Å². The lowest BCUT2D eigenvalue weighted by Gasteiger charge is -2.21. The first-order valence-electron chi connectivity index (χ1n) is 8.57. The monoisotopic (exact) mass is 364 g/mol. The molecule has 0 radical (unpaired) electrons. The normalized spacial score (nSPS) is 12.4. The molecule has 0 saturated carbocycles. The molecule has 7 nitrogen and oxygen atoms in total. The summed E-state index contributed by atoms with van der Waals surface area (Å²) in [7, 11) is 0. The molecule has 0 bridgehead atoms. The van der Waals surface area contributed by atoms with E-state index < -0.39 is 23.8 Å². The van der Waals surface area contributed by atoms with Gasteiger partial charge in [-0.1, -0.05) is 13.8 Å². The third kappa shape index (κ3) is 8.00. The first-order chi connectivity index (χ1) is 12.0. The Hall–Kier alpha value is -2.57. The number of carboxylic acid groups (broad SMARTS) is 1. The summed E-state index contributed by atoms with van der Waals surface area (Å²) in [5.74, 6) is -1.28. The maximum absolute atomic E-state index is 12.1. The van der Waals surface area contributed by atoms with E-state index in [1.165, 1.54) is 0 Å². The predicted molar refractivity (Wildman–Crippen MR) is 98.2 cm³/mol. The van der Waals surface area contributed by atoms with Gasteiger partial charge in [-0.25, -0.2) is 4.79 Å². The minimum Gasteiger partial charge on any atom is -0.488 e. The Morgan fingerprint density at radius 3 is 2.15 bits per heavy atom. The smallest absolute Gasteiger partial charge is 0.326 e. The van der Waals surface area contributed by atoms with Gasteiger partial charge in [-0.2, -0.15) is 0 Å². The Bertz CT molecular complexity index is 632. The Morgan fingerprint density at radius 2 is 1.69 bits per heavy atom. The van der Waals surface area contributed by atoms with Gasteiger partial charge in [-0.3, -0.25) is 9.59 Å². The Kier molecular flexibility index (Phi) is 7.61. The zero-order valence-corrected chi connectivity index (χ0v) is 16.0. The molecule has 0 aliphatic heterocycles. The van der Waals surface area contributed by atoms with Crippen molar-refractivity contribution in [2.45, 2.75) is 52.7 Å². The van der Waals surface area contributed by atoms with E-state index in [1.54, 1.807) is 24.3 Å². The largest absolute Gasteiger partial charge is 0.488 e. The van der Waals surface area contributed by atoms with Gasteiger partial charge in [0, 0.05) is 5.56 Å². The summed E-state index contributed by atoms with van der Waals surface area (Å²) in [5, 5.41) is 14.0. The van der Waals surface area contributed by atoms with E-state index in [4.69, 9.17) is 9.84 Å². The number of benzene rings is 1. The van der Waals surface area contributed by atoms with E-state index in [2.05, 4.69) is 10.6 Å². The number of rotatable bonds is 8. The number of nitrogens with one attached hydrogen (secondary N) is 2. The maximum atomic E-state index is 12.1. The molecule has 7 heteroatoms. The molecule has 0 aromatic heterocycles. The third-order valence-electron chi connectivity index (χ3n) is 3.29. The van der Waals surface area contributed by atoms with Crippen LogP contribution in [0.15, 0.2) is 24.3 Å². The highest BCUT2D eigenvalue weighted by atomic mass is 16.5. The molecule has 2 amide bonds. The van der Waals surface area contributed by atoms with Crippen molar-refractivity contribution in [1.82, 2.24) is 10.6 Å². The average molecular weight is 364 g/mol. The fourth-order valence-electron chi connectivity index (χ4n) is 2.23. The van der Waals surface area contributed by atoms with Crippen molar-refractivity contribution in [2.75, 3.05) is 6.54 Å². The number of hydrogen-bond acceptors (Lipinski definition) is 4. The molecule has 26 heavy (non-hydrogen) atoms. The van der Waals surface area contributed by atoms with Crippen LogP contribution in [0.2, 0.25) is 0 Å². The van der Waals surface area contributed by atoms with E-state index >= 15 is 0 Å². The highest BCUT2D eigenvalue weighted by molar-refractivity contribution is 5.96. The van der Waals surface area contributed by atoms with Gasteiger partial charge in [0.2, 0.25) is 5.91 Å². The van der Waals surface area contributed by atoms with E-state index in [-0.39, 0.29) is 18.1 Å². The van der Waals surface area contributed by atoms with Gasteiger partial charge < -0.3 is 20.5 Å². The van der Waals surface area contributed by atoms with Gasteiger partial charge in [0.05, 0.1) is 6.54 Å². The second-order valence-corrected chi connectivity index (χ2v) is 7.51. The second-order valence-electron chi connectivity index (χ2n) is 7.51. The maximum Gasteiger partial charge on any atom is 0.326 e. The highest BCUT2D eigenvalue weighted by Crippen LogP contribution is 2.18. The van der Waals surface area contributed by atoms with Gasteiger partial charge in [0.1, 0.15) is 17.4 Å². The fraction of sp³-hybridized carbons (Fsp3) is 0.526. The summed E-state index contributed by atoms with van der Waals surface area (Å²) in [4.78, 5) is 35.1. The molecular formula is C19H28N2O5. The van der Waals surface area contributed by atoms with Gasteiger partial charge in [-0.15, -0.1) is 0 Å². The van der Waals surface area contributed by atoms with Crippen molar-refractivity contribution in [2.24, 2.45) is 5.92 Å². The van der Waals surface area contributed by atoms with Crippen molar-refractivity contribution in [3.8, 4) is 5.75 Å². The van der Waals surface area contributed by atoms with Crippen LogP contribution in [0.25, 0.3) is 0 Å². The summed E-state index contributed by atoms with van der Waals surface area (Å²) in [6.07, 6.45) is 0.324. The number of aliphatic carboxylic acids is 1. The first kappa shape index (κ1) is 21.5. The number of hydrogen-bond donors (Lipinski definition) is 3. The van der Waals surface area contributed by atoms with Crippen molar-refractivity contribution in [3.63, 3.8) is 0 Å². The standard InChI is InChI=1S/C19H28N2O5/c1-12(2)10-15(18(24)25)21-16(22)11-20-17(23)13-6-8-14(9-7-13)26-19(3,4)5/h6-9,12,15H,10-11H2,1-5H3,(H,20,23)(H,21,22)(H,24,25)/t15-/m0/s1. The molecule has 0 saturated heterocycles. The fourth-order valence-corrected chi connectivity index (χ4v) is 2.23. The Labute approximate surface area is 154 Å². The second kappa shape index (κ2) is 9.22. The Morgan fingerprint density at radius 1 is 1.12 bits per heavy atom. The summed E-state index contributed by atoms with van der Waals surface area (Å²) < 4.78 is 5.68. The van der Waals surface area contributed by atoms with Crippen LogP contribution >= 0.6 is 0 Å². The molecule has 1 rings (SSSR count). The number of carboxylic acids is 1. The lowest BCUT2D eigenvalue weighted by Crippen LogP contribution is -2.46. The zero-order valence-electron chi connectivity index (χ0n) is 16.0. The van der Waals surface area contributed by atoms with Crippen LogP contribution in [0, 0.1) is 5.92 Å². The van der Waals surface area contributed by atoms with E-state index in [9.17, 15) is 14.4 Å². The molecule has 0 heterocycles. The van der Waals surface area contributed by atoms with Crippen molar-refractivity contribution < 1.29 is 24.2 Å². The minimum atomic E-state index is -1.09. The van der Waals surface area contributed by atoms with Crippen LogP contribution in [0.1, 0.15) is 51.4 Å². The minimum absolute atomic E-state index is 0.125. The van der Waals surface area contributed by atoms with Crippen LogP contribution in [-0.2, 0) is 9.59 Å². The van der Waals surface area contributed by atoms with E-state index in [0.29, 0.717) is 17.7 Å². The van der Waals surface area contributed by atoms with Gasteiger partial charge in [0.25, 0.3) is 5.91 Å². The van der Waals surface area contributed by atoms with E-state index in [1.807, 2.05) is 34.6 Å². The number of ether oxygens (including phenoxy) is 1. The molecule has 1 aromatic rings. The molecule has 0 spiro atoms. The number of amides is 2. The lowest BCUT2D eigenvalue weighted by atomic mass is 10.0. The topological polar surface area (TPSA) is 105 Å². The van der Waals surface area contributed by atoms with Crippen LogP contribution < -0.4 is 15.4 Å². The summed E-state index contributed by atoms with van der Waals surface area (Å²) in [6, 6.07) is 5.61. The molecule has 1 aromatic carbocycles. The summed E-state index contributed by atoms with van der Waals surface area (Å²) >= 11 is 0. The quantitative estimate of drug-likeness (QED) is 0.656. The van der Waals surface area contributed by atoms with Crippen molar-refractivity contribution in [1.29, 1.82) is 0 Å². The van der Waals surface area contributed by atoms with Gasteiger partial charge in [-0.05, 0) is 57.4 Å². The molecule has 0 aliphatic rings. The van der Waals surface area contributed by atoms with Gasteiger partial charge >= 0.3 is 5.97 Å². The highest BCUT2D eigenvalue weighted by Gasteiger charge is 2.21. The van der Waals surface area contributed by atoms with Crippen LogP contribution in [0.3, 0.4) is 0 Å². The summed E-state index contributed by atoms with van der Waals surface area (Å²) in [5.41, 5.74) is 0.0504. The molecule has 0 aliphatic carbocycles. The third-order valence-corrected chi connectivity index (χ3v) is 3.29.